The van der Waals surface area contributed by atoms with E-state index in [2.05, 4.69) is 18.2 Å². The van der Waals surface area contributed by atoms with E-state index in [9.17, 15) is 0 Å². The Labute approximate surface area is 199 Å². The zero-order valence-corrected chi connectivity index (χ0v) is 18.5. The molecule has 0 saturated carbocycles. The summed E-state index contributed by atoms with van der Waals surface area (Å²) in [6, 6.07) is 39.2. The normalized spacial score (nSPS) is 10.6. The molecule has 0 saturated heterocycles. The van der Waals surface area contributed by atoms with Crippen molar-refractivity contribution in [1.82, 2.24) is 0 Å². The zero-order valence-electron chi connectivity index (χ0n) is 18.5. The van der Waals surface area contributed by atoms with Gasteiger partial charge in [0.1, 0.15) is 11.5 Å². The van der Waals surface area contributed by atoms with Crippen LogP contribution >= 0.6 is 0 Å². The maximum absolute atomic E-state index is 6.18. The number of ether oxygens (including phenoxy) is 2. The van der Waals surface area contributed by atoms with Crippen LogP contribution in [0.25, 0.3) is 22.3 Å². The lowest BCUT2D eigenvalue weighted by Gasteiger charge is -2.13. The third kappa shape index (κ3) is 4.71. The van der Waals surface area contributed by atoms with Gasteiger partial charge in [0.25, 0.3) is 0 Å². The summed E-state index contributed by atoms with van der Waals surface area (Å²) in [5, 5.41) is 0. The summed E-state index contributed by atoms with van der Waals surface area (Å²) in [5.74, 6) is 2.74. The highest BCUT2D eigenvalue weighted by atomic mass is 16.5. The minimum atomic E-state index is 0.588. The van der Waals surface area contributed by atoms with Crippen molar-refractivity contribution in [2.24, 2.45) is 0 Å². The fourth-order valence-corrected chi connectivity index (χ4v) is 3.71. The minimum Gasteiger partial charge on any atom is -0.455 e. The fraction of sp³-hybridized carbons (Fsp3) is 0. The molecule has 0 atom stereocenters. The smallest absolute Gasteiger partial charge is 0.150 e. The molecule has 0 heterocycles. The van der Waals surface area contributed by atoms with E-state index in [1.165, 1.54) is 0 Å². The molecule has 4 heteroatoms. The second-order valence-electron chi connectivity index (χ2n) is 7.92. The molecule has 0 aliphatic heterocycles. The summed E-state index contributed by atoms with van der Waals surface area (Å²) in [7, 11) is 0. The molecule has 0 fully saturated rings. The lowest BCUT2D eigenvalue weighted by Crippen LogP contribution is -1.93. The number of para-hydroxylation sites is 2. The summed E-state index contributed by atoms with van der Waals surface area (Å²) < 4.78 is 12.0. The Kier molecular flexibility index (Phi) is 5.87. The monoisotopic (exact) mass is 444 g/mol. The van der Waals surface area contributed by atoms with Crippen LogP contribution in [0.3, 0.4) is 0 Å². The first-order valence-electron chi connectivity index (χ1n) is 11.0. The molecule has 0 unspecified atom stereocenters. The van der Waals surface area contributed by atoms with Crippen molar-refractivity contribution in [3.63, 3.8) is 0 Å². The molecule has 5 aromatic carbocycles. The molecule has 0 radical (unpaired) electrons. The Hall–Kier alpha value is -4.70. The molecular formula is C30H24N2O2. The molecule has 4 N–H and O–H groups in total. The van der Waals surface area contributed by atoms with Gasteiger partial charge >= 0.3 is 0 Å². The molecule has 5 aromatic rings. The van der Waals surface area contributed by atoms with Gasteiger partial charge < -0.3 is 20.9 Å². The van der Waals surface area contributed by atoms with E-state index in [-0.39, 0.29) is 0 Å². The van der Waals surface area contributed by atoms with Crippen molar-refractivity contribution in [3.8, 4) is 45.3 Å². The van der Waals surface area contributed by atoms with Crippen molar-refractivity contribution in [2.75, 3.05) is 11.5 Å². The Morgan fingerprint density at radius 1 is 0.382 bits per heavy atom. The van der Waals surface area contributed by atoms with Crippen molar-refractivity contribution < 1.29 is 9.47 Å². The van der Waals surface area contributed by atoms with Crippen molar-refractivity contribution in [3.05, 3.63) is 121 Å². The Bertz CT molecular complexity index is 1310. The molecular weight excluding hydrogens is 420 g/mol. The summed E-state index contributed by atoms with van der Waals surface area (Å²) in [5.41, 5.74) is 17.7. The summed E-state index contributed by atoms with van der Waals surface area (Å²) in [6.07, 6.45) is 0. The molecule has 0 amide bonds. The second kappa shape index (κ2) is 9.43. The minimum absolute atomic E-state index is 0.588. The average molecular weight is 445 g/mol. The number of anilines is 2. The predicted molar refractivity (Wildman–Crippen MR) is 139 cm³/mol. The van der Waals surface area contributed by atoms with E-state index in [0.29, 0.717) is 22.9 Å². The van der Waals surface area contributed by atoms with Crippen LogP contribution in [0, 0.1) is 0 Å². The van der Waals surface area contributed by atoms with Gasteiger partial charge in [-0.2, -0.15) is 0 Å². The quantitative estimate of drug-likeness (QED) is 0.262. The highest BCUT2D eigenvalue weighted by molar-refractivity contribution is 5.77. The topological polar surface area (TPSA) is 70.5 Å². The highest BCUT2D eigenvalue weighted by Crippen LogP contribution is 2.36. The van der Waals surface area contributed by atoms with E-state index in [0.717, 1.165) is 33.8 Å². The van der Waals surface area contributed by atoms with Gasteiger partial charge in [0.15, 0.2) is 11.5 Å². The number of benzene rings is 5. The van der Waals surface area contributed by atoms with Crippen LogP contribution in [0.15, 0.2) is 121 Å². The maximum atomic E-state index is 6.18. The number of hydrogen-bond acceptors (Lipinski definition) is 4. The SMILES string of the molecule is Nc1ccc(-c2cccc(-c3ccc(N)c(Oc4ccccc4)c3)c2)cc1Oc1ccccc1. The van der Waals surface area contributed by atoms with Gasteiger partial charge in [0.2, 0.25) is 0 Å². The van der Waals surface area contributed by atoms with Crippen LogP contribution in [0.4, 0.5) is 11.4 Å². The molecule has 0 bridgehead atoms. The zero-order chi connectivity index (χ0) is 23.3. The molecule has 0 aliphatic rings. The van der Waals surface area contributed by atoms with Gasteiger partial charge in [0.05, 0.1) is 11.4 Å². The molecule has 4 nitrogen and oxygen atoms in total. The summed E-state index contributed by atoms with van der Waals surface area (Å²) >= 11 is 0. The van der Waals surface area contributed by atoms with Crippen LogP contribution in [0.5, 0.6) is 23.0 Å². The highest BCUT2D eigenvalue weighted by Gasteiger charge is 2.09. The lowest BCUT2D eigenvalue weighted by atomic mass is 9.98. The first-order chi connectivity index (χ1) is 16.7. The molecule has 34 heavy (non-hydrogen) atoms. The molecule has 0 aromatic heterocycles. The van der Waals surface area contributed by atoms with Gasteiger partial charge in [-0.1, -0.05) is 66.7 Å². The molecule has 166 valence electrons. The Balaban J connectivity index is 1.45. The number of nitrogen functional groups attached to an aromatic ring is 2. The molecule has 0 aliphatic carbocycles. The van der Waals surface area contributed by atoms with Gasteiger partial charge in [-0.25, -0.2) is 0 Å². The van der Waals surface area contributed by atoms with Crippen LogP contribution in [-0.4, -0.2) is 0 Å². The van der Waals surface area contributed by atoms with Gasteiger partial charge in [0, 0.05) is 0 Å². The van der Waals surface area contributed by atoms with Crippen LogP contribution in [-0.2, 0) is 0 Å². The number of nitrogens with two attached hydrogens (primary N) is 2. The van der Waals surface area contributed by atoms with Crippen LogP contribution in [0.1, 0.15) is 0 Å². The summed E-state index contributed by atoms with van der Waals surface area (Å²) in [6.45, 7) is 0. The van der Waals surface area contributed by atoms with Crippen molar-refractivity contribution >= 4 is 11.4 Å². The van der Waals surface area contributed by atoms with Gasteiger partial charge in [-0.05, 0) is 76.9 Å². The number of hydrogen-bond donors (Lipinski definition) is 2. The lowest BCUT2D eigenvalue weighted by molar-refractivity contribution is 0.485. The van der Waals surface area contributed by atoms with Gasteiger partial charge in [-0.3, -0.25) is 0 Å². The average Bonchev–Trinajstić information content (AvgIpc) is 2.88. The standard InChI is InChI=1S/C30H24N2O2/c31-27-16-14-23(19-29(27)33-25-10-3-1-4-11-25)21-8-7-9-22(18-21)24-15-17-28(32)30(20-24)34-26-12-5-2-6-13-26/h1-20H,31-32H2. The van der Waals surface area contributed by atoms with Crippen molar-refractivity contribution in [1.29, 1.82) is 0 Å². The Morgan fingerprint density at radius 3 is 1.24 bits per heavy atom. The largest absolute Gasteiger partial charge is 0.455 e. The summed E-state index contributed by atoms with van der Waals surface area (Å²) in [4.78, 5) is 0. The van der Waals surface area contributed by atoms with E-state index in [1.807, 2.05) is 103 Å². The Morgan fingerprint density at radius 2 is 0.794 bits per heavy atom. The maximum Gasteiger partial charge on any atom is 0.150 e. The van der Waals surface area contributed by atoms with Crippen LogP contribution in [0.2, 0.25) is 0 Å². The van der Waals surface area contributed by atoms with E-state index in [4.69, 9.17) is 20.9 Å². The number of rotatable bonds is 6. The second-order valence-corrected chi connectivity index (χ2v) is 7.92. The van der Waals surface area contributed by atoms with E-state index in [1.54, 1.807) is 0 Å². The third-order valence-electron chi connectivity index (χ3n) is 5.50. The van der Waals surface area contributed by atoms with Crippen molar-refractivity contribution in [2.45, 2.75) is 0 Å². The first-order valence-corrected chi connectivity index (χ1v) is 11.0. The first kappa shape index (κ1) is 21.2. The predicted octanol–water partition coefficient (Wildman–Crippen LogP) is 7.77. The molecule has 0 spiro atoms. The fourth-order valence-electron chi connectivity index (χ4n) is 3.71. The van der Waals surface area contributed by atoms with E-state index >= 15 is 0 Å². The van der Waals surface area contributed by atoms with Crippen LogP contribution < -0.4 is 20.9 Å². The van der Waals surface area contributed by atoms with E-state index < -0.39 is 0 Å². The van der Waals surface area contributed by atoms with Gasteiger partial charge in [-0.15, -0.1) is 0 Å². The molecule has 5 rings (SSSR count). The third-order valence-corrected chi connectivity index (χ3v) is 5.50.